The van der Waals surface area contributed by atoms with Gasteiger partial charge in [-0.2, -0.15) is 0 Å². The van der Waals surface area contributed by atoms with Crippen LogP contribution in [0.1, 0.15) is 44.2 Å². The fourth-order valence-electron chi connectivity index (χ4n) is 2.64. The molecule has 2 rings (SSSR count). The largest absolute Gasteiger partial charge is 0.496 e. The normalized spacial score (nSPS) is 11.8. The van der Waals surface area contributed by atoms with Crippen LogP contribution in [0, 0.1) is 5.41 Å². The Bertz CT molecular complexity index is 655. The maximum Gasteiger partial charge on any atom is 0.135 e. The quantitative estimate of drug-likeness (QED) is 0.706. The van der Waals surface area contributed by atoms with Crippen molar-refractivity contribution < 1.29 is 4.74 Å². The Morgan fingerprint density at radius 2 is 1.91 bits per heavy atom. The second-order valence-corrected chi connectivity index (χ2v) is 5.51. The van der Waals surface area contributed by atoms with Gasteiger partial charge < -0.3 is 10.1 Å². The number of benzene rings is 1. The van der Waals surface area contributed by atoms with E-state index in [0.717, 1.165) is 36.2 Å². The average Bonchev–Trinajstić information content (AvgIpc) is 2.61. The van der Waals surface area contributed by atoms with Crippen LogP contribution >= 0.6 is 0 Å². The third-order valence-electron chi connectivity index (χ3n) is 3.92. The third-order valence-corrected chi connectivity index (χ3v) is 3.92. The summed E-state index contributed by atoms with van der Waals surface area (Å²) in [5.41, 5.74) is 1.99. The summed E-state index contributed by atoms with van der Waals surface area (Å²) >= 11 is 0. The molecule has 1 aromatic heterocycles. The van der Waals surface area contributed by atoms with Gasteiger partial charge in [0.05, 0.1) is 12.8 Å². The summed E-state index contributed by atoms with van der Waals surface area (Å²) in [6.07, 6.45) is 5.01. The highest BCUT2D eigenvalue weighted by Gasteiger charge is 2.16. The van der Waals surface area contributed by atoms with Crippen molar-refractivity contribution >= 4 is 11.5 Å². The predicted octanol–water partition coefficient (Wildman–Crippen LogP) is 4.50. The molecular formula is C19H25N3O. The number of anilines is 1. The van der Waals surface area contributed by atoms with Crippen LogP contribution in [0.15, 0.2) is 42.6 Å². The molecule has 2 aromatic rings. The van der Waals surface area contributed by atoms with Crippen LogP contribution in [-0.2, 0) is 0 Å². The molecule has 0 saturated carbocycles. The van der Waals surface area contributed by atoms with Crippen LogP contribution in [0.4, 0.5) is 5.82 Å². The van der Waals surface area contributed by atoms with E-state index in [0.29, 0.717) is 17.5 Å². The molecule has 1 atom stereocenters. The molecule has 0 spiro atoms. The molecule has 0 saturated heterocycles. The van der Waals surface area contributed by atoms with Crippen LogP contribution in [0.5, 0.6) is 5.75 Å². The maximum atomic E-state index is 8.60. The molecule has 0 fully saturated rings. The number of para-hydroxylation sites is 1. The number of hydrogen-bond donors (Lipinski definition) is 2. The number of pyridine rings is 1. The van der Waals surface area contributed by atoms with E-state index in [1.54, 1.807) is 13.3 Å². The molecule has 122 valence electrons. The SMILES string of the molecule is CCCC(CC)Nc1ncccc1C(=N)c1ccccc1OC. The Kier molecular flexibility index (Phi) is 6.15. The van der Waals surface area contributed by atoms with Crippen molar-refractivity contribution in [1.29, 1.82) is 5.41 Å². The highest BCUT2D eigenvalue weighted by atomic mass is 16.5. The molecule has 4 nitrogen and oxygen atoms in total. The summed E-state index contributed by atoms with van der Waals surface area (Å²) in [5.74, 6) is 1.47. The van der Waals surface area contributed by atoms with Gasteiger partial charge in [0.15, 0.2) is 0 Å². The van der Waals surface area contributed by atoms with Gasteiger partial charge in [0, 0.05) is 23.4 Å². The van der Waals surface area contributed by atoms with Gasteiger partial charge in [-0.25, -0.2) is 4.98 Å². The van der Waals surface area contributed by atoms with Crippen molar-refractivity contribution in [3.63, 3.8) is 0 Å². The van der Waals surface area contributed by atoms with Crippen LogP contribution < -0.4 is 10.1 Å². The minimum atomic E-state index is 0.374. The first-order chi connectivity index (χ1) is 11.2. The van der Waals surface area contributed by atoms with E-state index in [-0.39, 0.29) is 0 Å². The molecule has 1 unspecified atom stereocenters. The lowest BCUT2D eigenvalue weighted by molar-refractivity contribution is 0.414. The Hall–Kier alpha value is -2.36. The van der Waals surface area contributed by atoms with Crippen molar-refractivity contribution in [1.82, 2.24) is 4.98 Å². The lowest BCUT2D eigenvalue weighted by Crippen LogP contribution is -2.21. The molecule has 0 amide bonds. The van der Waals surface area contributed by atoms with E-state index < -0.39 is 0 Å². The molecular weight excluding hydrogens is 286 g/mol. The monoisotopic (exact) mass is 311 g/mol. The Balaban J connectivity index is 2.34. The molecule has 23 heavy (non-hydrogen) atoms. The lowest BCUT2D eigenvalue weighted by Gasteiger charge is -2.19. The summed E-state index contributed by atoms with van der Waals surface area (Å²) in [5, 5.41) is 12.1. The summed E-state index contributed by atoms with van der Waals surface area (Å²) in [6.45, 7) is 4.35. The second kappa shape index (κ2) is 8.32. The van der Waals surface area contributed by atoms with Gasteiger partial charge in [-0.05, 0) is 37.1 Å². The topological polar surface area (TPSA) is 58.0 Å². The van der Waals surface area contributed by atoms with E-state index in [1.165, 1.54) is 0 Å². The molecule has 4 heteroatoms. The average molecular weight is 311 g/mol. The number of nitrogens with one attached hydrogen (secondary N) is 2. The molecule has 0 aliphatic rings. The van der Waals surface area contributed by atoms with Gasteiger partial charge in [0.25, 0.3) is 0 Å². The minimum Gasteiger partial charge on any atom is -0.496 e. The van der Waals surface area contributed by atoms with Crippen LogP contribution in [-0.4, -0.2) is 23.8 Å². The molecule has 1 heterocycles. The number of nitrogens with zero attached hydrogens (tertiary/aromatic N) is 1. The second-order valence-electron chi connectivity index (χ2n) is 5.51. The Morgan fingerprint density at radius 3 is 2.61 bits per heavy atom. The van der Waals surface area contributed by atoms with Crippen LogP contribution in [0.2, 0.25) is 0 Å². The smallest absolute Gasteiger partial charge is 0.135 e. The van der Waals surface area contributed by atoms with Gasteiger partial charge in [0.2, 0.25) is 0 Å². The van der Waals surface area contributed by atoms with E-state index in [9.17, 15) is 0 Å². The Labute approximate surface area is 138 Å². The number of methoxy groups -OCH3 is 1. The summed E-state index contributed by atoms with van der Waals surface area (Å²) in [6, 6.07) is 11.8. The van der Waals surface area contributed by atoms with Gasteiger partial charge >= 0.3 is 0 Å². The number of aromatic nitrogens is 1. The van der Waals surface area contributed by atoms with Crippen molar-refractivity contribution in [2.75, 3.05) is 12.4 Å². The molecule has 0 radical (unpaired) electrons. The minimum absolute atomic E-state index is 0.374. The highest BCUT2D eigenvalue weighted by Crippen LogP contribution is 2.24. The first-order valence-electron chi connectivity index (χ1n) is 8.15. The molecule has 0 aliphatic carbocycles. The fourth-order valence-corrected chi connectivity index (χ4v) is 2.64. The zero-order valence-corrected chi connectivity index (χ0v) is 14.1. The van der Waals surface area contributed by atoms with Gasteiger partial charge in [-0.3, -0.25) is 5.41 Å². The predicted molar refractivity (Wildman–Crippen MR) is 95.8 cm³/mol. The van der Waals surface area contributed by atoms with Gasteiger partial charge in [-0.1, -0.05) is 32.4 Å². The number of ether oxygens (including phenoxy) is 1. The van der Waals surface area contributed by atoms with E-state index in [1.807, 2.05) is 36.4 Å². The number of rotatable bonds is 8. The fraction of sp³-hybridized carbons (Fsp3) is 0.368. The Morgan fingerprint density at radius 1 is 1.17 bits per heavy atom. The summed E-state index contributed by atoms with van der Waals surface area (Å²) in [7, 11) is 1.63. The number of hydrogen-bond acceptors (Lipinski definition) is 4. The molecule has 2 N–H and O–H groups in total. The van der Waals surface area contributed by atoms with Crippen molar-refractivity contribution in [2.45, 2.75) is 39.2 Å². The van der Waals surface area contributed by atoms with E-state index >= 15 is 0 Å². The summed E-state index contributed by atoms with van der Waals surface area (Å²) < 4.78 is 5.39. The van der Waals surface area contributed by atoms with Gasteiger partial charge in [-0.15, -0.1) is 0 Å². The van der Waals surface area contributed by atoms with Crippen molar-refractivity contribution in [2.24, 2.45) is 0 Å². The van der Waals surface area contributed by atoms with E-state index in [2.05, 4.69) is 24.1 Å². The molecule has 1 aromatic carbocycles. The third kappa shape index (κ3) is 4.09. The summed E-state index contributed by atoms with van der Waals surface area (Å²) in [4.78, 5) is 4.46. The van der Waals surface area contributed by atoms with Gasteiger partial charge in [0.1, 0.15) is 11.6 Å². The van der Waals surface area contributed by atoms with Crippen LogP contribution in [0.3, 0.4) is 0 Å². The highest BCUT2D eigenvalue weighted by molar-refractivity contribution is 6.15. The molecule has 0 aliphatic heterocycles. The zero-order valence-electron chi connectivity index (χ0n) is 14.1. The van der Waals surface area contributed by atoms with E-state index in [4.69, 9.17) is 10.1 Å². The maximum absolute atomic E-state index is 8.60. The van der Waals surface area contributed by atoms with Crippen molar-refractivity contribution in [3.05, 3.63) is 53.7 Å². The van der Waals surface area contributed by atoms with Crippen LogP contribution in [0.25, 0.3) is 0 Å². The van der Waals surface area contributed by atoms with Crippen molar-refractivity contribution in [3.8, 4) is 5.75 Å². The lowest BCUT2D eigenvalue weighted by atomic mass is 10.0. The zero-order chi connectivity index (χ0) is 16.7. The first kappa shape index (κ1) is 17.0. The molecule has 0 bridgehead atoms. The first-order valence-corrected chi connectivity index (χ1v) is 8.15. The standard InChI is InChI=1S/C19H25N3O/c1-4-9-14(5-2)22-19-16(11-8-13-21-19)18(20)15-10-6-7-12-17(15)23-3/h6-8,10-14,20H,4-5,9H2,1-3H3,(H,21,22).